The van der Waals surface area contributed by atoms with Crippen LogP contribution in [0.1, 0.15) is 19.4 Å². The Morgan fingerprint density at radius 2 is 2.14 bits per heavy atom. The van der Waals surface area contributed by atoms with Gasteiger partial charge in [0.2, 0.25) is 0 Å². The van der Waals surface area contributed by atoms with E-state index in [9.17, 15) is 5.11 Å². The summed E-state index contributed by atoms with van der Waals surface area (Å²) >= 11 is 0. The molecule has 0 unspecified atom stereocenters. The van der Waals surface area contributed by atoms with Gasteiger partial charge in [-0.3, -0.25) is 0 Å². The zero-order valence-corrected chi connectivity index (χ0v) is 8.57. The molecule has 0 aliphatic carbocycles. The van der Waals surface area contributed by atoms with Gasteiger partial charge in [-0.05, 0) is 29.2 Å². The van der Waals surface area contributed by atoms with E-state index in [0.29, 0.717) is 5.92 Å². The molecular weight excluding hydrogens is 176 g/mol. The van der Waals surface area contributed by atoms with E-state index >= 15 is 0 Å². The molecule has 76 valence electrons. The Labute approximate surface area is 84.5 Å². The molecule has 1 aromatic carbocycles. The van der Waals surface area contributed by atoms with Crippen LogP contribution in [-0.4, -0.2) is 16.8 Å². The van der Waals surface area contributed by atoms with Crippen LogP contribution in [0.5, 0.6) is 5.75 Å². The predicted octanol–water partition coefficient (Wildman–Crippen LogP) is 2.42. The second-order valence-electron chi connectivity index (χ2n) is 3.55. The largest absolute Gasteiger partial charge is 0.508 e. The van der Waals surface area contributed by atoms with Crippen LogP contribution in [0.25, 0.3) is 5.57 Å². The highest BCUT2D eigenvalue weighted by Gasteiger charge is 2.06. The normalized spacial score (nSPS) is 12.1. The van der Waals surface area contributed by atoms with Gasteiger partial charge in [0.1, 0.15) is 5.75 Å². The minimum atomic E-state index is 0.0309. The molecule has 0 aromatic heterocycles. The Hall–Kier alpha value is -1.28. The molecule has 0 aliphatic heterocycles. The third-order valence-electron chi connectivity index (χ3n) is 2.11. The maximum Gasteiger partial charge on any atom is 0.116 e. The van der Waals surface area contributed by atoms with Gasteiger partial charge in [-0.2, -0.15) is 0 Å². The molecule has 0 radical (unpaired) electrons. The van der Waals surface area contributed by atoms with Gasteiger partial charge in [0.25, 0.3) is 0 Å². The lowest BCUT2D eigenvalue weighted by Crippen LogP contribution is -1.95. The van der Waals surface area contributed by atoms with Gasteiger partial charge in [-0.15, -0.1) is 0 Å². The van der Waals surface area contributed by atoms with E-state index in [4.69, 9.17) is 5.11 Å². The van der Waals surface area contributed by atoms with Crippen molar-refractivity contribution in [3.8, 4) is 5.75 Å². The van der Waals surface area contributed by atoms with E-state index in [0.717, 1.165) is 11.1 Å². The Morgan fingerprint density at radius 1 is 1.43 bits per heavy atom. The predicted molar refractivity (Wildman–Crippen MR) is 58.0 cm³/mol. The van der Waals surface area contributed by atoms with Crippen LogP contribution in [0.15, 0.2) is 30.3 Å². The average molecular weight is 192 g/mol. The van der Waals surface area contributed by atoms with Gasteiger partial charge in [0, 0.05) is 0 Å². The number of aliphatic hydroxyl groups is 1. The first-order valence-electron chi connectivity index (χ1n) is 4.75. The maximum atomic E-state index is 9.32. The fourth-order valence-electron chi connectivity index (χ4n) is 1.47. The van der Waals surface area contributed by atoms with Crippen LogP contribution >= 0.6 is 0 Å². The zero-order valence-electron chi connectivity index (χ0n) is 8.57. The molecule has 0 aliphatic rings. The molecule has 0 spiro atoms. The van der Waals surface area contributed by atoms with Gasteiger partial charge in [-0.25, -0.2) is 0 Å². The molecule has 0 saturated heterocycles. The van der Waals surface area contributed by atoms with Crippen LogP contribution < -0.4 is 0 Å². The van der Waals surface area contributed by atoms with E-state index in [2.05, 4.69) is 13.8 Å². The van der Waals surface area contributed by atoms with Crippen molar-refractivity contribution in [3.05, 3.63) is 35.9 Å². The van der Waals surface area contributed by atoms with Crippen molar-refractivity contribution < 1.29 is 10.2 Å². The molecule has 1 aromatic rings. The molecule has 14 heavy (non-hydrogen) atoms. The molecule has 2 nitrogen and oxygen atoms in total. The fraction of sp³-hybridized carbons (Fsp3) is 0.333. The van der Waals surface area contributed by atoms with E-state index in [1.807, 2.05) is 6.07 Å². The van der Waals surface area contributed by atoms with Crippen molar-refractivity contribution in [3.63, 3.8) is 0 Å². The number of allylic oxidation sites excluding steroid dienone is 1. The third kappa shape index (κ3) is 2.60. The lowest BCUT2D eigenvalue weighted by Gasteiger charge is -2.11. The molecule has 0 saturated carbocycles. The minimum Gasteiger partial charge on any atom is -0.508 e. The van der Waals surface area contributed by atoms with Gasteiger partial charge < -0.3 is 10.2 Å². The second kappa shape index (κ2) is 4.82. The maximum absolute atomic E-state index is 9.32. The molecule has 0 amide bonds. The highest BCUT2D eigenvalue weighted by Crippen LogP contribution is 2.25. The van der Waals surface area contributed by atoms with Crippen molar-refractivity contribution >= 4 is 5.57 Å². The third-order valence-corrected chi connectivity index (χ3v) is 2.11. The number of hydrogen-bond donors (Lipinski definition) is 2. The number of aliphatic hydroxyl groups excluding tert-OH is 1. The van der Waals surface area contributed by atoms with Crippen LogP contribution in [0.3, 0.4) is 0 Å². The highest BCUT2D eigenvalue weighted by molar-refractivity contribution is 5.67. The molecule has 0 atom stereocenters. The lowest BCUT2D eigenvalue weighted by molar-refractivity contribution is 0.342. The first-order chi connectivity index (χ1) is 6.65. The Bertz CT molecular complexity index is 327. The van der Waals surface area contributed by atoms with E-state index in [1.165, 1.54) is 0 Å². The average Bonchev–Trinajstić information content (AvgIpc) is 2.13. The van der Waals surface area contributed by atoms with Crippen LogP contribution in [-0.2, 0) is 0 Å². The number of phenols is 1. The number of hydrogen-bond acceptors (Lipinski definition) is 2. The minimum absolute atomic E-state index is 0.0309. The molecule has 2 N–H and O–H groups in total. The summed E-state index contributed by atoms with van der Waals surface area (Å²) in [5, 5.41) is 18.2. The van der Waals surface area contributed by atoms with Crippen LogP contribution in [0.4, 0.5) is 0 Å². The summed E-state index contributed by atoms with van der Waals surface area (Å²) in [6.07, 6.45) is 1.78. The smallest absolute Gasteiger partial charge is 0.116 e. The monoisotopic (exact) mass is 192 g/mol. The van der Waals surface area contributed by atoms with Crippen molar-refractivity contribution in [2.45, 2.75) is 13.8 Å². The van der Waals surface area contributed by atoms with Crippen molar-refractivity contribution in [1.82, 2.24) is 0 Å². The topological polar surface area (TPSA) is 40.5 Å². The number of aromatic hydroxyl groups is 1. The summed E-state index contributed by atoms with van der Waals surface area (Å²) in [4.78, 5) is 0. The highest BCUT2D eigenvalue weighted by atomic mass is 16.3. The molecule has 0 fully saturated rings. The molecule has 0 heterocycles. The van der Waals surface area contributed by atoms with Crippen LogP contribution in [0, 0.1) is 5.92 Å². The van der Waals surface area contributed by atoms with Crippen molar-refractivity contribution in [1.29, 1.82) is 0 Å². The first kappa shape index (κ1) is 10.8. The van der Waals surface area contributed by atoms with Gasteiger partial charge in [0.05, 0.1) is 6.61 Å². The SMILES string of the molecule is CC(C)/C(=C/CO)c1cccc(O)c1. The van der Waals surface area contributed by atoms with Crippen molar-refractivity contribution in [2.24, 2.45) is 5.92 Å². The zero-order chi connectivity index (χ0) is 10.6. The molecule has 2 heteroatoms. The van der Waals surface area contributed by atoms with Crippen LogP contribution in [0.2, 0.25) is 0 Å². The summed E-state index contributed by atoms with van der Waals surface area (Å²) in [6.45, 7) is 4.15. The van der Waals surface area contributed by atoms with Crippen molar-refractivity contribution in [2.75, 3.05) is 6.61 Å². The standard InChI is InChI=1S/C12H16O2/c1-9(2)12(6-7-13)10-4-3-5-11(14)8-10/h3-6,8-9,13-14H,7H2,1-2H3/b12-6-. The number of benzene rings is 1. The number of phenolic OH excluding ortho intramolecular Hbond substituents is 1. The molecule has 0 bridgehead atoms. The van der Waals surface area contributed by atoms with Gasteiger partial charge in [-0.1, -0.05) is 32.1 Å². The molecule has 1 rings (SSSR count). The fourth-order valence-corrected chi connectivity index (χ4v) is 1.47. The van der Waals surface area contributed by atoms with E-state index < -0.39 is 0 Å². The Balaban J connectivity index is 3.06. The van der Waals surface area contributed by atoms with E-state index in [-0.39, 0.29) is 12.4 Å². The summed E-state index contributed by atoms with van der Waals surface area (Å²) < 4.78 is 0. The Morgan fingerprint density at radius 3 is 2.64 bits per heavy atom. The lowest BCUT2D eigenvalue weighted by atomic mass is 9.95. The quantitative estimate of drug-likeness (QED) is 0.772. The summed E-state index contributed by atoms with van der Waals surface area (Å²) in [6, 6.07) is 7.08. The van der Waals surface area contributed by atoms with E-state index in [1.54, 1.807) is 24.3 Å². The number of rotatable bonds is 3. The summed E-state index contributed by atoms with van der Waals surface area (Å²) in [5.41, 5.74) is 2.03. The molecular formula is C12H16O2. The van der Waals surface area contributed by atoms with Gasteiger partial charge in [0.15, 0.2) is 0 Å². The first-order valence-corrected chi connectivity index (χ1v) is 4.75. The van der Waals surface area contributed by atoms with Gasteiger partial charge >= 0.3 is 0 Å². The summed E-state index contributed by atoms with van der Waals surface area (Å²) in [5.74, 6) is 0.593. The summed E-state index contributed by atoms with van der Waals surface area (Å²) in [7, 11) is 0. The Kier molecular flexibility index (Phi) is 3.72. The second-order valence-corrected chi connectivity index (χ2v) is 3.55.